The Morgan fingerprint density at radius 2 is 1.60 bits per heavy atom. The third-order valence-electron chi connectivity index (χ3n) is 5.32. The van der Waals surface area contributed by atoms with E-state index in [9.17, 15) is 29.7 Å². The highest BCUT2D eigenvalue weighted by molar-refractivity contribution is 5.92. The van der Waals surface area contributed by atoms with Crippen LogP contribution in [-0.4, -0.2) is 93.0 Å². The van der Waals surface area contributed by atoms with E-state index in [0.717, 1.165) is 12.8 Å². The van der Waals surface area contributed by atoms with Gasteiger partial charge in [-0.05, 0) is 32.6 Å². The van der Waals surface area contributed by atoms with Crippen LogP contribution in [0.5, 0.6) is 0 Å². The van der Waals surface area contributed by atoms with E-state index in [0.29, 0.717) is 12.8 Å². The largest absolute Gasteiger partial charge is 0.481 e. The maximum absolute atomic E-state index is 12.0. The van der Waals surface area contributed by atoms with Crippen molar-refractivity contribution in [2.75, 3.05) is 6.54 Å². The van der Waals surface area contributed by atoms with Crippen molar-refractivity contribution in [3.05, 3.63) is 0 Å². The fourth-order valence-electron chi connectivity index (χ4n) is 3.50. The molecule has 1 heterocycles. The van der Waals surface area contributed by atoms with Gasteiger partial charge < -0.3 is 45.1 Å². The monoisotopic (exact) mass is 435 g/mol. The zero-order valence-corrected chi connectivity index (χ0v) is 16.5. The average Bonchev–Trinajstić information content (AvgIpc) is 2.68. The molecule has 172 valence electrons. The summed E-state index contributed by atoms with van der Waals surface area (Å²) in [6.07, 6.45) is -6.05. The number of alkyl carbamates (subject to hydrolysis) is 1. The second-order valence-electron chi connectivity index (χ2n) is 7.53. The molecule has 12 nitrogen and oxygen atoms in total. The summed E-state index contributed by atoms with van der Waals surface area (Å²) in [6.45, 7) is 1.33. The number of carbonyl (C=O) groups is 3. The van der Waals surface area contributed by atoms with E-state index in [4.69, 9.17) is 24.4 Å². The van der Waals surface area contributed by atoms with Crippen molar-refractivity contribution in [2.45, 2.75) is 81.9 Å². The third-order valence-corrected chi connectivity index (χ3v) is 5.32. The van der Waals surface area contributed by atoms with Crippen molar-refractivity contribution in [2.24, 2.45) is 5.92 Å². The van der Waals surface area contributed by atoms with Crippen molar-refractivity contribution < 1.29 is 54.1 Å². The highest BCUT2D eigenvalue weighted by atomic mass is 16.7. The van der Waals surface area contributed by atoms with Crippen molar-refractivity contribution >= 4 is 18.0 Å². The van der Waals surface area contributed by atoms with E-state index in [1.165, 1.54) is 6.92 Å². The number of hydrogen-bond acceptors (Lipinski definition) is 9. The Labute approximate surface area is 172 Å². The lowest BCUT2D eigenvalue weighted by atomic mass is 9.94. The minimum Gasteiger partial charge on any atom is -0.481 e. The molecule has 0 spiro atoms. The van der Waals surface area contributed by atoms with Crippen molar-refractivity contribution in [3.63, 3.8) is 0 Å². The van der Waals surface area contributed by atoms with Gasteiger partial charge in [0.05, 0.1) is 12.2 Å². The minimum absolute atomic E-state index is 0.202. The molecule has 0 unspecified atom stereocenters. The number of ether oxygens (including phenoxy) is 3. The predicted molar refractivity (Wildman–Crippen MR) is 97.3 cm³/mol. The Balaban J connectivity index is 1.87. The van der Waals surface area contributed by atoms with Gasteiger partial charge in [0, 0.05) is 6.54 Å². The Morgan fingerprint density at radius 1 is 1.00 bits per heavy atom. The number of aliphatic hydroxyl groups is 3. The maximum atomic E-state index is 12.0. The quantitative estimate of drug-likeness (QED) is 0.257. The lowest BCUT2D eigenvalue weighted by Crippen LogP contribution is -2.58. The first-order valence-electron chi connectivity index (χ1n) is 9.87. The second kappa shape index (κ2) is 10.9. The van der Waals surface area contributed by atoms with Gasteiger partial charge in [-0.3, -0.25) is 9.59 Å². The smallest absolute Gasteiger partial charge is 0.407 e. The summed E-state index contributed by atoms with van der Waals surface area (Å²) in [5.41, 5.74) is 0. The topological polar surface area (TPSA) is 192 Å². The highest BCUT2D eigenvalue weighted by Crippen LogP contribution is 2.29. The number of nitrogens with one attached hydrogen (secondary N) is 1. The van der Waals surface area contributed by atoms with Crippen LogP contribution in [0.15, 0.2) is 0 Å². The Kier molecular flexibility index (Phi) is 8.79. The molecule has 1 saturated carbocycles. The minimum atomic E-state index is -1.63. The molecule has 1 aliphatic carbocycles. The van der Waals surface area contributed by atoms with E-state index in [-0.39, 0.29) is 13.0 Å². The summed E-state index contributed by atoms with van der Waals surface area (Å²) in [5, 5.41) is 49.8. The van der Waals surface area contributed by atoms with Gasteiger partial charge in [-0.25, -0.2) is 4.79 Å². The van der Waals surface area contributed by atoms with Crippen LogP contribution in [-0.2, 0) is 23.8 Å². The molecule has 2 rings (SSSR count). The number of aliphatic hydroxyl groups excluding tert-OH is 3. The lowest BCUT2D eigenvalue weighted by Gasteiger charge is -2.42. The van der Waals surface area contributed by atoms with Gasteiger partial charge in [-0.2, -0.15) is 0 Å². The number of hydrogen-bond donors (Lipinski definition) is 6. The fraction of sp³-hybridized carbons (Fsp3) is 0.833. The number of amides is 1. The molecule has 1 aliphatic heterocycles. The highest BCUT2D eigenvalue weighted by Gasteiger charge is 2.44. The fourth-order valence-corrected chi connectivity index (χ4v) is 3.50. The number of rotatable bonds is 8. The van der Waals surface area contributed by atoms with Gasteiger partial charge in [0.25, 0.3) is 0 Å². The van der Waals surface area contributed by atoms with E-state index in [1.807, 2.05) is 0 Å². The van der Waals surface area contributed by atoms with Crippen LogP contribution < -0.4 is 5.32 Å². The molecule has 7 atom stereocenters. The first-order chi connectivity index (χ1) is 14.1. The van der Waals surface area contributed by atoms with Gasteiger partial charge in [-0.15, -0.1) is 0 Å². The summed E-state index contributed by atoms with van der Waals surface area (Å²) in [6, 6.07) is 0. The van der Waals surface area contributed by atoms with Crippen molar-refractivity contribution in [1.82, 2.24) is 5.32 Å². The van der Waals surface area contributed by atoms with Crippen LogP contribution in [0.2, 0.25) is 0 Å². The van der Waals surface area contributed by atoms with Crippen molar-refractivity contribution in [3.8, 4) is 0 Å². The number of carboxylic acids is 2. The van der Waals surface area contributed by atoms with Gasteiger partial charge in [0.15, 0.2) is 12.2 Å². The number of carboxylic acid groups (broad SMARTS) is 2. The standard InChI is InChI=1S/C18H29NO11/c1-8-12(20)13(21)14(22)17(28-8)29-10-4-2-3-5-11(10)30-18(27)19-7-6-9(15(23)24)16(25)26/h8-14,17,20-22H,2-7H2,1H3,(H,19,27)(H,23,24)(H,25,26)/t8-,10+,11+,12+,13+,14-,17-/m0/s1. The van der Waals surface area contributed by atoms with E-state index in [1.54, 1.807) is 0 Å². The zero-order chi connectivity index (χ0) is 22.4. The SMILES string of the molecule is C[C@@H]1O[C@@H](O[C@@H]2CCCC[C@H]2OC(=O)NCCC(C(=O)O)C(=O)O)[C@@H](O)[C@H](O)[C@@H]1O. The molecule has 1 saturated heterocycles. The zero-order valence-electron chi connectivity index (χ0n) is 16.5. The molecule has 6 N–H and O–H groups in total. The Bertz CT molecular complexity index is 601. The predicted octanol–water partition coefficient (Wildman–Crippen LogP) is -0.957. The van der Waals surface area contributed by atoms with Crippen molar-refractivity contribution in [1.29, 1.82) is 0 Å². The molecule has 30 heavy (non-hydrogen) atoms. The van der Waals surface area contributed by atoms with Crippen LogP contribution in [0.3, 0.4) is 0 Å². The summed E-state index contributed by atoms with van der Waals surface area (Å²) in [7, 11) is 0. The third kappa shape index (κ3) is 6.25. The van der Waals surface area contributed by atoms with Crippen LogP contribution >= 0.6 is 0 Å². The van der Waals surface area contributed by atoms with E-state index in [2.05, 4.69) is 5.32 Å². The summed E-state index contributed by atoms with van der Waals surface area (Å²) in [5.74, 6) is -4.62. The maximum Gasteiger partial charge on any atom is 0.407 e. The van der Waals surface area contributed by atoms with Crippen LogP contribution in [0.25, 0.3) is 0 Å². The van der Waals surface area contributed by atoms with Crippen LogP contribution in [0.4, 0.5) is 4.79 Å². The first-order valence-corrected chi connectivity index (χ1v) is 9.87. The molecule has 0 aromatic carbocycles. The first kappa shape index (κ1) is 24.3. The molecule has 2 fully saturated rings. The summed E-state index contributed by atoms with van der Waals surface area (Å²) in [4.78, 5) is 33.7. The molecular weight excluding hydrogens is 406 g/mol. The Morgan fingerprint density at radius 3 is 2.20 bits per heavy atom. The molecule has 0 bridgehead atoms. The molecule has 2 aliphatic rings. The molecule has 0 aromatic heterocycles. The van der Waals surface area contributed by atoms with Gasteiger partial charge in [-0.1, -0.05) is 6.42 Å². The van der Waals surface area contributed by atoms with Gasteiger partial charge in [0.1, 0.15) is 24.4 Å². The van der Waals surface area contributed by atoms with Crippen LogP contribution in [0, 0.1) is 5.92 Å². The van der Waals surface area contributed by atoms with E-state index >= 15 is 0 Å². The molecule has 0 aromatic rings. The molecule has 0 radical (unpaired) electrons. The second-order valence-corrected chi connectivity index (χ2v) is 7.53. The number of carbonyl (C=O) groups excluding carboxylic acids is 1. The summed E-state index contributed by atoms with van der Waals surface area (Å²) >= 11 is 0. The Hall–Kier alpha value is -1.99. The molecular formula is C18H29NO11. The lowest BCUT2D eigenvalue weighted by molar-refractivity contribution is -0.311. The van der Waals surface area contributed by atoms with E-state index < -0.39 is 66.9 Å². The van der Waals surface area contributed by atoms with Gasteiger partial charge >= 0.3 is 18.0 Å². The van der Waals surface area contributed by atoms with Gasteiger partial charge in [0.2, 0.25) is 0 Å². The normalized spacial score (nSPS) is 34.4. The van der Waals surface area contributed by atoms with Crippen LogP contribution in [0.1, 0.15) is 39.0 Å². The molecule has 1 amide bonds. The average molecular weight is 435 g/mol. The number of aliphatic carboxylic acids is 2. The molecule has 12 heteroatoms. The summed E-state index contributed by atoms with van der Waals surface area (Å²) < 4.78 is 16.5.